The molecule has 5 atom stereocenters. The Labute approximate surface area is 620 Å². The third-order valence-electron chi connectivity index (χ3n) is 17.1. The molecule has 0 fully saturated rings. The maximum Gasteiger partial charge on any atom is 0.472 e. The van der Waals surface area contributed by atoms with Crippen LogP contribution >= 0.6 is 15.6 Å². The van der Waals surface area contributed by atoms with E-state index in [4.69, 9.17) is 37.0 Å². The van der Waals surface area contributed by atoms with Gasteiger partial charge in [0.1, 0.15) is 19.3 Å². The molecule has 102 heavy (non-hydrogen) atoms. The van der Waals surface area contributed by atoms with Crippen molar-refractivity contribution in [1.29, 1.82) is 0 Å². The summed E-state index contributed by atoms with van der Waals surface area (Å²) in [7, 11) is -9.95. The second-order valence-electron chi connectivity index (χ2n) is 27.0. The van der Waals surface area contributed by atoms with Gasteiger partial charge in [-0.3, -0.25) is 37.3 Å². The Morgan fingerprint density at radius 2 is 0.510 bits per heavy atom. The van der Waals surface area contributed by atoms with Gasteiger partial charge in [-0.15, -0.1) is 0 Å². The SMILES string of the molecule is CC/C=C\C/C=C\C/C=C\C/C=C\C/C=C\CCCCCC(=O)OCC(COP(=O)(O)OCC(O)COP(=O)(O)OCC(COC(=O)CCCCCCCCC/C=C\C/C=C\C/C=C\CC)OC(=O)CCCCCCCCCCCCCCCCC)OC(=O)CCCCCCCCCCCCC. The second kappa shape index (κ2) is 75.2. The van der Waals surface area contributed by atoms with Crippen LogP contribution < -0.4 is 0 Å². The van der Waals surface area contributed by atoms with Gasteiger partial charge >= 0.3 is 39.5 Å². The van der Waals surface area contributed by atoms with Gasteiger partial charge in [-0.2, -0.15) is 0 Å². The van der Waals surface area contributed by atoms with Crippen molar-refractivity contribution in [3.8, 4) is 0 Å². The molecule has 0 amide bonds. The molecule has 0 aliphatic carbocycles. The van der Waals surface area contributed by atoms with Crippen molar-refractivity contribution in [3.63, 3.8) is 0 Å². The molecule has 0 aromatic heterocycles. The van der Waals surface area contributed by atoms with Crippen LogP contribution in [0.25, 0.3) is 0 Å². The first-order valence-corrected chi connectivity index (χ1v) is 43.5. The Morgan fingerprint density at radius 1 is 0.284 bits per heavy atom. The minimum atomic E-state index is -4.98. The van der Waals surface area contributed by atoms with Gasteiger partial charge in [0.25, 0.3) is 0 Å². The van der Waals surface area contributed by atoms with Crippen LogP contribution in [0.1, 0.15) is 349 Å². The molecule has 0 aromatic rings. The summed E-state index contributed by atoms with van der Waals surface area (Å²) in [5.74, 6) is -2.20. The largest absolute Gasteiger partial charge is 0.472 e. The number of phosphoric acid groups is 2. The minimum Gasteiger partial charge on any atom is -0.462 e. The highest BCUT2D eigenvalue weighted by Crippen LogP contribution is 2.45. The summed E-state index contributed by atoms with van der Waals surface area (Å²) in [5.41, 5.74) is 0. The average molecular weight is 1480 g/mol. The van der Waals surface area contributed by atoms with E-state index in [1.807, 2.05) is 0 Å². The zero-order valence-corrected chi connectivity index (χ0v) is 66.3. The molecule has 17 nitrogen and oxygen atoms in total. The lowest BCUT2D eigenvalue weighted by atomic mass is 10.0. The normalized spacial score (nSPS) is 14.4. The predicted octanol–water partition coefficient (Wildman–Crippen LogP) is 23.6. The average Bonchev–Trinajstić information content (AvgIpc) is 0.926. The highest BCUT2D eigenvalue weighted by atomic mass is 31.2. The van der Waals surface area contributed by atoms with Crippen LogP contribution in [0.15, 0.2) is 97.2 Å². The van der Waals surface area contributed by atoms with Crippen LogP contribution in [-0.4, -0.2) is 96.7 Å². The van der Waals surface area contributed by atoms with Crippen molar-refractivity contribution in [2.45, 2.75) is 367 Å². The number of rotatable bonds is 76. The number of allylic oxidation sites excluding steroid dienone is 16. The smallest absolute Gasteiger partial charge is 0.462 e. The summed E-state index contributed by atoms with van der Waals surface area (Å²) < 4.78 is 68.6. The molecule has 0 heterocycles. The fraction of sp³-hybridized carbons (Fsp3) is 0.759. The first-order chi connectivity index (χ1) is 49.7. The fourth-order valence-electron chi connectivity index (χ4n) is 11.0. The Balaban J connectivity index is 5.33. The lowest BCUT2D eigenvalue weighted by Gasteiger charge is -2.21. The van der Waals surface area contributed by atoms with Gasteiger partial charge in [0.15, 0.2) is 12.2 Å². The van der Waals surface area contributed by atoms with E-state index in [1.54, 1.807) is 0 Å². The van der Waals surface area contributed by atoms with E-state index in [1.165, 1.54) is 103 Å². The van der Waals surface area contributed by atoms with Crippen molar-refractivity contribution in [2.24, 2.45) is 0 Å². The third-order valence-corrected chi connectivity index (χ3v) is 19.0. The molecule has 5 unspecified atom stereocenters. The number of unbranched alkanes of at least 4 members (excludes halogenated alkanes) is 34. The number of aliphatic hydroxyl groups excluding tert-OH is 1. The molecular weight excluding hydrogens is 1330 g/mol. The van der Waals surface area contributed by atoms with Gasteiger partial charge in [0.2, 0.25) is 0 Å². The van der Waals surface area contributed by atoms with E-state index in [9.17, 15) is 43.2 Å². The first kappa shape index (κ1) is 98.0. The summed E-state index contributed by atoms with van der Waals surface area (Å²) in [6.45, 7) is 4.65. The standard InChI is InChI=1S/C83H146O17P2/c1-5-9-13-17-21-25-29-32-35-37-38-40-43-45-49-52-56-60-64-68-80(85)93-73-78(99-82(87)69-65-61-57-53-47-28-24-20-16-12-8-4)75-97-101(89,90)95-71-77(84)72-96-102(91,92)98-76-79(100-83(88)70-66-62-58-54-50-46-41-34-31-27-23-19-15-11-7-3)74-94-81(86)67-63-59-55-51-48-44-42-39-36-33-30-26-22-18-14-10-6-2/h9-10,13-14,21-22,25-26,32-33,35-36,38,40,45,49,77-79,84H,5-8,11-12,15-20,23-24,27-31,34,37,39,41-44,46-48,50-76H2,1-4H3,(H,89,90)(H,91,92)/b13-9-,14-10-,25-21-,26-22-,35-32-,36-33-,40-38-,49-45-. The monoisotopic (exact) mass is 1480 g/mol. The summed E-state index contributed by atoms with van der Waals surface area (Å²) in [6.07, 6.45) is 79.5. The van der Waals surface area contributed by atoms with Crippen molar-refractivity contribution in [3.05, 3.63) is 97.2 Å². The van der Waals surface area contributed by atoms with Gasteiger partial charge in [-0.25, -0.2) is 9.13 Å². The number of esters is 4. The van der Waals surface area contributed by atoms with Crippen LogP contribution in [0.5, 0.6) is 0 Å². The second-order valence-corrected chi connectivity index (χ2v) is 29.9. The van der Waals surface area contributed by atoms with Gasteiger partial charge in [-0.05, 0) is 103 Å². The van der Waals surface area contributed by atoms with Crippen molar-refractivity contribution >= 4 is 39.5 Å². The van der Waals surface area contributed by atoms with E-state index in [2.05, 4.69) is 125 Å². The van der Waals surface area contributed by atoms with E-state index in [0.29, 0.717) is 25.7 Å². The zero-order valence-electron chi connectivity index (χ0n) is 64.5. The highest BCUT2D eigenvalue weighted by Gasteiger charge is 2.30. The van der Waals surface area contributed by atoms with E-state index in [-0.39, 0.29) is 25.7 Å². The lowest BCUT2D eigenvalue weighted by Crippen LogP contribution is -2.30. The molecule has 0 saturated heterocycles. The molecule has 0 aliphatic heterocycles. The molecule has 0 rings (SSSR count). The third kappa shape index (κ3) is 74.3. The summed E-state index contributed by atoms with van der Waals surface area (Å²) in [5, 5.41) is 10.6. The summed E-state index contributed by atoms with van der Waals surface area (Å²) >= 11 is 0. The Kier molecular flexibility index (Phi) is 72.3. The maximum atomic E-state index is 13.1. The van der Waals surface area contributed by atoms with E-state index in [0.717, 1.165) is 167 Å². The highest BCUT2D eigenvalue weighted by molar-refractivity contribution is 7.47. The summed E-state index contributed by atoms with van der Waals surface area (Å²) in [4.78, 5) is 73.0. The number of carbonyl (C=O) groups excluding carboxylic acids is 4. The van der Waals surface area contributed by atoms with Crippen LogP contribution in [0.2, 0.25) is 0 Å². The molecule has 0 bridgehead atoms. The van der Waals surface area contributed by atoms with Crippen LogP contribution in [-0.2, 0) is 65.4 Å². The maximum absolute atomic E-state index is 13.1. The molecule has 0 radical (unpaired) electrons. The van der Waals surface area contributed by atoms with Crippen molar-refractivity contribution in [2.75, 3.05) is 39.6 Å². The molecule has 3 N–H and O–H groups in total. The molecule has 0 saturated carbocycles. The minimum absolute atomic E-state index is 0.0901. The van der Waals surface area contributed by atoms with Crippen LogP contribution in [0, 0.1) is 0 Å². The predicted molar refractivity (Wildman–Crippen MR) is 418 cm³/mol. The number of phosphoric ester groups is 2. The Morgan fingerprint density at radius 3 is 0.794 bits per heavy atom. The quantitative estimate of drug-likeness (QED) is 0.0169. The fourth-order valence-corrected chi connectivity index (χ4v) is 12.5. The number of hydrogen-bond acceptors (Lipinski definition) is 15. The summed E-state index contributed by atoms with van der Waals surface area (Å²) in [6, 6.07) is 0. The van der Waals surface area contributed by atoms with Crippen molar-refractivity contribution < 1.29 is 80.2 Å². The molecular formula is C83H146O17P2. The van der Waals surface area contributed by atoms with E-state index < -0.39 is 97.5 Å². The Hall–Kier alpha value is -4.02. The van der Waals surface area contributed by atoms with Gasteiger partial charge in [-0.1, -0.05) is 318 Å². The van der Waals surface area contributed by atoms with Gasteiger partial charge in [0, 0.05) is 25.7 Å². The lowest BCUT2D eigenvalue weighted by molar-refractivity contribution is -0.161. The van der Waals surface area contributed by atoms with Gasteiger partial charge < -0.3 is 33.8 Å². The Bertz CT molecular complexity index is 2310. The van der Waals surface area contributed by atoms with Crippen LogP contribution in [0.4, 0.5) is 0 Å². The number of ether oxygens (including phenoxy) is 4. The van der Waals surface area contributed by atoms with Gasteiger partial charge in [0.05, 0.1) is 26.4 Å². The molecule has 0 aliphatic rings. The van der Waals surface area contributed by atoms with E-state index >= 15 is 0 Å². The van der Waals surface area contributed by atoms with Crippen molar-refractivity contribution in [1.82, 2.24) is 0 Å². The molecule has 0 spiro atoms. The molecule has 0 aromatic carbocycles. The number of aliphatic hydroxyl groups is 1. The zero-order chi connectivity index (χ0) is 74.6. The first-order valence-electron chi connectivity index (χ1n) is 40.5. The molecule has 19 heteroatoms. The molecule has 590 valence electrons. The number of carbonyl (C=O) groups is 4. The topological polar surface area (TPSA) is 237 Å². The van der Waals surface area contributed by atoms with Crippen LogP contribution in [0.3, 0.4) is 0 Å². The number of hydrogen-bond donors (Lipinski definition) is 3.